The largest absolute Gasteiger partial charge is 0.310 e. The van der Waals surface area contributed by atoms with Crippen LogP contribution >= 0.6 is 11.3 Å². The first kappa shape index (κ1) is 29.9. The summed E-state index contributed by atoms with van der Waals surface area (Å²) in [5, 5.41) is 5.32. The van der Waals surface area contributed by atoms with Gasteiger partial charge in [-0.15, -0.1) is 11.3 Å². The average molecular weight is 670 g/mol. The molecule has 9 aromatic rings. The molecule has 0 saturated heterocycles. The summed E-state index contributed by atoms with van der Waals surface area (Å²) in [7, 11) is 0. The molecule has 0 unspecified atom stereocenters. The van der Waals surface area contributed by atoms with Crippen LogP contribution in [0.4, 0.5) is 17.1 Å². The van der Waals surface area contributed by atoms with Crippen molar-refractivity contribution >= 4 is 59.3 Å². The molecule has 242 valence electrons. The van der Waals surface area contributed by atoms with Gasteiger partial charge in [0.15, 0.2) is 0 Å². The van der Waals surface area contributed by atoms with Gasteiger partial charge in [0, 0.05) is 42.6 Å². The van der Waals surface area contributed by atoms with E-state index in [2.05, 4.69) is 195 Å². The number of nitrogens with zero attached hydrogens (tertiary/aromatic N) is 1. The Morgan fingerprint density at radius 2 is 1.02 bits per heavy atom. The van der Waals surface area contributed by atoms with Crippen molar-refractivity contribution in [1.29, 1.82) is 0 Å². The summed E-state index contributed by atoms with van der Waals surface area (Å²) < 4.78 is 2.66. The molecular weight excluding hydrogens is 635 g/mol. The lowest BCUT2D eigenvalue weighted by Crippen LogP contribution is -2.15. The maximum atomic E-state index is 2.40. The zero-order valence-electron chi connectivity index (χ0n) is 28.6. The summed E-state index contributed by atoms with van der Waals surface area (Å²) in [4.78, 5) is 2.40. The molecule has 1 nitrogen and oxygen atoms in total. The van der Waals surface area contributed by atoms with Crippen LogP contribution < -0.4 is 4.90 Å². The molecule has 51 heavy (non-hydrogen) atoms. The van der Waals surface area contributed by atoms with Crippen LogP contribution in [-0.2, 0) is 5.41 Å². The van der Waals surface area contributed by atoms with Gasteiger partial charge in [-0.05, 0) is 104 Å². The quantitative estimate of drug-likeness (QED) is 0.176. The summed E-state index contributed by atoms with van der Waals surface area (Å²) >= 11 is 1.88. The molecular formula is C49H35NS. The lowest BCUT2D eigenvalue weighted by atomic mass is 9.82. The molecule has 1 aliphatic carbocycles. The highest BCUT2D eigenvalue weighted by atomic mass is 32.1. The Kier molecular flexibility index (Phi) is 6.78. The highest BCUT2D eigenvalue weighted by Gasteiger charge is 2.35. The third-order valence-corrected chi connectivity index (χ3v) is 12.0. The van der Waals surface area contributed by atoms with Crippen molar-refractivity contribution in [3.63, 3.8) is 0 Å². The van der Waals surface area contributed by atoms with E-state index in [1.54, 1.807) is 0 Å². The summed E-state index contributed by atoms with van der Waals surface area (Å²) in [6, 6.07) is 64.8. The Bertz CT molecular complexity index is 2750. The standard InChI is InChI=1S/C49H35NS/c1-49(2)44-15-9-8-14-41(44)43-31-39(26-28-45(43)49)50(37-22-16-33(17-23-37)32-10-4-3-5-11-32)38-24-18-34(19-25-38)36-20-27-42-47(30-36)51-46-29-21-35-12-6-7-13-40(35)48(42)46/h3-31H,1-2H3. The zero-order chi connectivity index (χ0) is 34.1. The van der Waals surface area contributed by atoms with Gasteiger partial charge in [-0.25, -0.2) is 0 Å². The van der Waals surface area contributed by atoms with Crippen LogP contribution in [0.25, 0.3) is 64.3 Å². The van der Waals surface area contributed by atoms with Crippen molar-refractivity contribution in [3.05, 3.63) is 187 Å². The van der Waals surface area contributed by atoms with E-state index in [-0.39, 0.29) is 5.41 Å². The van der Waals surface area contributed by atoms with E-state index >= 15 is 0 Å². The molecule has 1 aromatic heterocycles. The number of anilines is 3. The minimum Gasteiger partial charge on any atom is -0.310 e. The number of hydrogen-bond acceptors (Lipinski definition) is 2. The minimum atomic E-state index is -0.0309. The first-order valence-corrected chi connectivity index (χ1v) is 18.5. The van der Waals surface area contributed by atoms with Gasteiger partial charge >= 0.3 is 0 Å². The van der Waals surface area contributed by atoms with Crippen molar-refractivity contribution < 1.29 is 0 Å². The molecule has 0 atom stereocenters. The summed E-state index contributed by atoms with van der Waals surface area (Å²) in [5.41, 5.74) is 13.7. The van der Waals surface area contributed by atoms with Crippen molar-refractivity contribution in [2.75, 3.05) is 4.90 Å². The Labute approximate surface area is 302 Å². The van der Waals surface area contributed by atoms with Gasteiger partial charge in [-0.3, -0.25) is 0 Å². The summed E-state index contributed by atoms with van der Waals surface area (Å²) in [6.45, 7) is 4.68. The molecule has 8 aromatic carbocycles. The maximum Gasteiger partial charge on any atom is 0.0468 e. The van der Waals surface area contributed by atoms with E-state index < -0.39 is 0 Å². The molecule has 0 N–H and O–H groups in total. The maximum absolute atomic E-state index is 2.40. The smallest absolute Gasteiger partial charge is 0.0468 e. The van der Waals surface area contributed by atoms with Crippen LogP contribution in [0.5, 0.6) is 0 Å². The van der Waals surface area contributed by atoms with Crippen molar-refractivity contribution in [3.8, 4) is 33.4 Å². The molecule has 1 heterocycles. The van der Waals surface area contributed by atoms with Crippen LogP contribution in [-0.4, -0.2) is 0 Å². The van der Waals surface area contributed by atoms with Crippen LogP contribution in [0.3, 0.4) is 0 Å². The average Bonchev–Trinajstić information content (AvgIpc) is 3.67. The molecule has 2 heteroatoms. The molecule has 0 aliphatic heterocycles. The fourth-order valence-electron chi connectivity index (χ4n) is 8.26. The van der Waals surface area contributed by atoms with E-state index in [0.29, 0.717) is 0 Å². The number of rotatable bonds is 5. The summed E-state index contributed by atoms with van der Waals surface area (Å²) in [6.07, 6.45) is 0. The molecule has 1 aliphatic rings. The van der Waals surface area contributed by atoms with Gasteiger partial charge in [-0.1, -0.05) is 141 Å². The lowest BCUT2D eigenvalue weighted by molar-refractivity contribution is 0.660. The van der Waals surface area contributed by atoms with Gasteiger partial charge in [0.2, 0.25) is 0 Å². The van der Waals surface area contributed by atoms with Crippen molar-refractivity contribution in [2.24, 2.45) is 0 Å². The predicted octanol–water partition coefficient (Wildman–Crippen LogP) is 14.3. The van der Waals surface area contributed by atoms with Gasteiger partial charge < -0.3 is 4.90 Å². The second-order valence-corrected chi connectivity index (χ2v) is 15.3. The molecule has 0 saturated carbocycles. The Morgan fingerprint density at radius 3 is 1.80 bits per heavy atom. The minimum absolute atomic E-state index is 0.0309. The van der Waals surface area contributed by atoms with Gasteiger partial charge in [0.1, 0.15) is 0 Å². The molecule has 0 fully saturated rings. The van der Waals surface area contributed by atoms with Gasteiger partial charge in [-0.2, -0.15) is 0 Å². The van der Waals surface area contributed by atoms with E-state index in [0.717, 1.165) is 17.1 Å². The van der Waals surface area contributed by atoms with Gasteiger partial charge in [0.05, 0.1) is 0 Å². The Balaban J connectivity index is 1.06. The number of hydrogen-bond donors (Lipinski definition) is 0. The van der Waals surface area contributed by atoms with Crippen LogP contribution in [0.1, 0.15) is 25.0 Å². The van der Waals surface area contributed by atoms with Gasteiger partial charge in [0.25, 0.3) is 0 Å². The van der Waals surface area contributed by atoms with E-state index in [1.807, 2.05) is 11.3 Å². The number of fused-ring (bicyclic) bond motifs is 8. The second-order valence-electron chi connectivity index (χ2n) is 14.2. The third-order valence-electron chi connectivity index (χ3n) is 10.9. The SMILES string of the molecule is CC1(C)c2ccccc2-c2cc(N(c3ccc(-c4ccccc4)cc3)c3ccc(-c4ccc5c(c4)sc4ccc6ccccc6c45)cc3)ccc21. The zero-order valence-corrected chi connectivity index (χ0v) is 29.4. The first-order valence-electron chi connectivity index (χ1n) is 17.7. The van der Waals surface area contributed by atoms with Crippen molar-refractivity contribution in [2.45, 2.75) is 19.3 Å². The monoisotopic (exact) mass is 669 g/mol. The fourth-order valence-corrected chi connectivity index (χ4v) is 9.42. The number of benzene rings is 8. The summed E-state index contributed by atoms with van der Waals surface area (Å²) in [5.74, 6) is 0. The highest BCUT2D eigenvalue weighted by molar-refractivity contribution is 7.26. The Hall–Kier alpha value is -5.96. The van der Waals surface area contributed by atoms with Crippen LogP contribution in [0.2, 0.25) is 0 Å². The topological polar surface area (TPSA) is 3.24 Å². The Morgan fingerprint density at radius 1 is 0.412 bits per heavy atom. The van der Waals surface area contributed by atoms with E-state index in [1.165, 1.54) is 75.5 Å². The fraction of sp³-hybridized carbons (Fsp3) is 0.0612. The predicted molar refractivity (Wildman–Crippen MR) is 220 cm³/mol. The molecule has 0 bridgehead atoms. The van der Waals surface area contributed by atoms with Crippen LogP contribution in [0, 0.1) is 0 Å². The molecule has 0 radical (unpaired) electrons. The molecule has 0 amide bonds. The third kappa shape index (κ3) is 4.82. The molecule has 10 rings (SSSR count). The normalized spacial score (nSPS) is 13.1. The lowest BCUT2D eigenvalue weighted by Gasteiger charge is -2.27. The molecule has 0 spiro atoms. The number of thiophene rings is 1. The van der Waals surface area contributed by atoms with Crippen molar-refractivity contribution in [1.82, 2.24) is 0 Å². The highest BCUT2D eigenvalue weighted by Crippen LogP contribution is 2.50. The van der Waals surface area contributed by atoms with E-state index in [4.69, 9.17) is 0 Å². The second kappa shape index (κ2) is 11.6. The van der Waals surface area contributed by atoms with Crippen LogP contribution in [0.15, 0.2) is 176 Å². The first-order chi connectivity index (χ1) is 25.0. The van der Waals surface area contributed by atoms with E-state index in [9.17, 15) is 0 Å².